The highest BCUT2D eigenvalue weighted by Crippen LogP contribution is 2.27. The molecule has 1 saturated carbocycles. The van der Waals surface area contributed by atoms with E-state index in [0.717, 1.165) is 51.6 Å². The molecule has 0 unspecified atom stereocenters. The molecule has 2 amide bonds. The monoisotopic (exact) mass is 381 g/mol. The van der Waals surface area contributed by atoms with E-state index in [-0.39, 0.29) is 12.2 Å². The van der Waals surface area contributed by atoms with E-state index < -0.39 is 6.09 Å². The van der Waals surface area contributed by atoms with Crippen molar-refractivity contribution >= 4 is 29.5 Å². The van der Waals surface area contributed by atoms with E-state index in [4.69, 9.17) is 21.1 Å². The highest BCUT2D eigenvalue weighted by Gasteiger charge is 2.26. The highest BCUT2D eigenvalue weighted by molar-refractivity contribution is 6.29. The molecule has 0 spiro atoms. The van der Waals surface area contributed by atoms with Crippen LogP contribution in [0.5, 0.6) is 0 Å². The normalized spacial score (nSPS) is 22.7. The minimum absolute atomic E-state index is 0.113. The Labute approximate surface area is 158 Å². The van der Waals surface area contributed by atoms with E-state index in [1.54, 1.807) is 17.0 Å². The molecule has 142 valence electrons. The topological polar surface area (TPSA) is 80.8 Å². The molecule has 2 fully saturated rings. The van der Waals surface area contributed by atoms with Crippen LogP contribution in [0.25, 0.3) is 0 Å². The van der Waals surface area contributed by atoms with E-state index in [2.05, 4.69) is 10.3 Å². The van der Waals surface area contributed by atoms with Crippen molar-refractivity contribution in [1.29, 1.82) is 0 Å². The highest BCUT2D eigenvalue weighted by atomic mass is 35.5. The van der Waals surface area contributed by atoms with Crippen LogP contribution in [0.4, 0.5) is 15.3 Å². The Balaban J connectivity index is 1.34. The van der Waals surface area contributed by atoms with Crippen molar-refractivity contribution in [1.82, 2.24) is 9.88 Å². The summed E-state index contributed by atoms with van der Waals surface area (Å²) >= 11 is 5.79. The predicted octanol–water partition coefficient (Wildman–Crippen LogP) is 4.07. The van der Waals surface area contributed by atoms with E-state index >= 15 is 0 Å². The molecular weight excluding hydrogens is 358 g/mol. The van der Waals surface area contributed by atoms with Crippen molar-refractivity contribution in [3.8, 4) is 0 Å². The maximum atomic E-state index is 12.0. The molecule has 1 aliphatic carbocycles. The second-order valence-corrected chi connectivity index (χ2v) is 7.20. The van der Waals surface area contributed by atoms with E-state index in [9.17, 15) is 9.59 Å². The number of pyridine rings is 1. The number of carbonyl (C=O) groups excluding carboxylic acids is 2. The number of aromatic nitrogens is 1. The van der Waals surface area contributed by atoms with Gasteiger partial charge in [-0.05, 0) is 56.6 Å². The standard InChI is InChI=1S/C18H24ClN3O4/c19-16-11-14(7-8-20-16)21-17(23)26-15-5-3-13(4-6-15)12-25-18(24)22-9-1-2-10-22/h7-8,11,13,15H,1-6,9-10,12H2,(H,20,21,23). The summed E-state index contributed by atoms with van der Waals surface area (Å²) in [5.74, 6) is 0.337. The molecule has 3 rings (SSSR count). The van der Waals surface area contributed by atoms with Gasteiger partial charge in [0.15, 0.2) is 0 Å². The first-order valence-electron chi connectivity index (χ1n) is 9.11. The zero-order valence-corrected chi connectivity index (χ0v) is 15.4. The summed E-state index contributed by atoms with van der Waals surface area (Å²) in [6.45, 7) is 2.05. The summed E-state index contributed by atoms with van der Waals surface area (Å²) in [4.78, 5) is 29.5. The third kappa shape index (κ3) is 5.49. The Kier molecular flexibility index (Phi) is 6.55. The van der Waals surface area contributed by atoms with E-state index in [1.807, 2.05) is 0 Å². The molecule has 0 bridgehead atoms. The quantitative estimate of drug-likeness (QED) is 0.795. The molecule has 1 N–H and O–H groups in total. The largest absolute Gasteiger partial charge is 0.449 e. The SMILES string of the molecule is O=C(Nc1ccnc(Cl)c1)OC1CCC(COC(=O)N2CCCC2)CC1. The van der Waals surface area contributed by atoms with Gasteiger partial charge in [0.05, 0.1) is 6.61 Å². The summed E-state index contributed by atoms with van der Waals surface area (Å²) in [6, 6.07) is 3.22. The molecule has 1 aliphatic heterocycles. The number of anilines is 1. The van der Waals surface area contributed by atoms with Crippen molar-refractivity contribution in [2.45, 2.75) is 44.6 Å². The fourth-order valence-electron chi connectivity index (χ4n) is 3.38. The molecule has 1 aromatic heterocycles. The number of ether oxygens (including phenoxy) is 2. The maximum Gasteiger partial charge on any atom is 0.411 e. The average molecular weight is 382 g/mol. The Bertz CT molecular complexity index is 629. The number of hydrogen-bond acceptors (Lipinski definition) is 5. The van der Waals surface area contributed by atoms with Crippen LogP contribution in [0.3, 0.4) is 0 Å². The molecule has 7 nitrogen and oxygen atoms in total. The van der Waals surface area contributed by atoms with Crippen molar-refractivity contribution < 1.29 is 19.1 Å². The van der Waals surface area contributed by atoms with Crippen LogP contribution >= 0.6 is 11.6 Å². The number of likely N-dealkylation sites (tertiary alicyclic amines) is 1. The first kappa shape index (κ1) is 18.8. The van der Waals surface area contributed by atoms with Gasteiger partial charge in [-0.3, -0.25) is 5.32 Å². The Hall–Kier alpha value is -2.02. The molecule has 0 aromatic carbocycles. The number of amides is 2. The van der Waals surface area contributed by atoms with Crippen molar-refractivity contribution in [3.63, 3.8) is 0 Å². The third-order valence-electron chi connectivity index (χ3n) is 4.85. The van der Waals surface area contributed by atoms with Gasteiger partial charge in [0.25, 0.3) is 0 Å². The van der Waals surface area contributed by atoms with Crippen molar-refractivity contribution in [3.05, 3.63) is 23.5 Å². The molecule has 26 heavy (non-hydrogen) atoms. The minimum Gasteiger partial charge on any atom is -0.449 e. The van der Waals surface area contributed by atoms with E-state index in [1.165, 1.54) is 6.20 Å². The molecular formula is C18H24ClN3O4. The molecule has 0 radical (unpaired) electrons. The number of rotatable bonds is 4. The fraction of sp³-hybridized carbons (Fsp3) is 0.611. The number of hydrogen-bond donors (Lipinski definition) is 1. The van der Waals surface area contributed by atoms with E-state index in [0.29, 0.717) is 23.4 Å². The average Bonchev–Trinajstić information content (AvgIpc) is 3.15. The fourth-order valence-corrected chi connectivity index (χ4v) is 3.55. The summed E-state index contributed by atoms with van der Waals surface area (Å²) in [5, 5.41) is 2.96. The maximum absolute atomic E-state index is 12.0. The van der Waals surface area contributed by atoms with Crippen LogP contribution < -0.4 is 5.32 Å². The van der Waals surface area contributed by atoms with Crippen LogP contribution in [0, 0.1) is 5.92 Å². The molecule has 2 aliphatic rings. The van der Waals surface area contributed by atoms with Crippen molar-refractivity contribution in [2.75, 3.05) is 25.0 Å². The summed E-state index contributed by atoms with van der Waals surface area (Å²) in [5.41, 5.74) is 0.553. The molecule has 1 aromatic rings. The lowest BCUT2D eigenvalue weighted by Gasteiger charge is -2.28. The number of carbonyl (C=O) groups is 2. The predicted molar refractivity (Wildman–Crippen MR) is 97.3 cm³/mol. The molecule has 1 saturated heterocycles. The number of halogens is 1. The summed E-state index contributed by atoms with van der Waals surface area (Å²) in [6.07, 6.45) is 6.15. The molecule has 2 heterocycles. The lowest BCUT2D eigenvalue weighted by Crippen LogP contribution is -2.32. The second kappa shape index (κ2) is 9.07. The first-order valence-corrected chi connectivity index (χ1v) is 9.49. The molecule has 0 atom stereocenters. The summed E-state index contributed by atoms with van der Waals surface area (Å²) in [7, 11) is 0. The van der Waals surface area contributed by atoms with Crippen LogP contribution in [0.15, 0.2) is 18.3 Å². The van der Waals surface area contributed by atoms with Gasteiger partial charge in [-0.2, -0.15) is 0 Å². The van der Waals surface area contributed by atoms with Gasteiger partial charge in [-0.15, -0.1) is 0 Å². The molecule has 8 heteroatoms. The van der Waals surface area contributed by atoms with Gasteiger partial charge in [0.1, 0.15) is 11.3 Å². The van der Waals surface area contributed by atoms with Gasteiger partial charge in [-0.25, -0.2) is 14.6 Å². The Morgan fingerprint density at radius 1 is 1.23 bits per heavy atom. The number of nitrogens with zero attached hydrogens (tertiary/aromatic N) is 2. The van der Waals surface area contributed by atoms with Gasteiger partial charge in [-0.1, -0.05) is 11.6 Å². The first-order chi connectivity index (χ1) is 12.6. The zero-order chi connectivity index (χ0) is 18.4. The lowest BCUT2D eigenvalue weighted by atomic mass is 9.88. The third-order valence-corrected chi connectivity index (χ3v) is 5.05. The van der Waals surface area contributed by atoms with Crippen LogP contribution in [-0.4, -0.2) is 47.9 Å². The van der Waals surface area contributed by atoms with Gasteiger partial charge in [0, 0.05) is 25.0 Å². The Morgan fingerprint density at radius 3 is 2.65 bits per heavy atom. The number of nitrogens with one attached hydrogen (secondary N) is 1. The van der Waals surface area contributed by atoms with Gasteiger partial charge >= 0.3 is 12.2 Å². The summed E-state index contributed by atoms with van der Waals surface area (Å²) < 4.78 is 10.9. The van der Waals surface area contributed by atoms with Crippen LogP contribution in [0.1, 0.15) is 38.5 Å². The zero-order valence-electron chi connectivity index (χ0n) is 14.7. The smallest absolute Gasteiger partial charge is 0.411 e. The van der Waals surface area contributed by atoms with Crippen LogP contribution in [0.2, 0.25) is 5.15 Å². The second-order valence-electron chi connectivity index (χ2n) is 6.81. The Morgan fingerprint density at radius 2 is 1.96 bits per heavy atom. The van der Waals surface area contributed by atoms with Crippen LogP contribution in [-0.2, 0) is 9.47 Å². The van der Waals surface area contributed by atoms with Crippen molar-refractivity contribution in [2.24, 2.45) is 5.92 Å². The lowest BCUT2D eigenvalue weighted by molar-refractivity contribution is 0.0499. The minimum atomic E-state index is -0.490. The van der Waals surface area contributed by atoms with Gasteiger partial charge < -0.3 is 14.4 Å². The van der Waals surface area contributed by atoms with Gasteiger partial charge in [0.2, 0.25) is 0 Å².